The van der Waals surface area contributed by atoms with Crippen LogP contribution in [0.25, 0.3) is 0 Å². The Kier molecular flexibility index (Phi) is 2.68. The molecule has 1 rings (SSSR count). The van der Waals surface area contributed by atoms with Gasteiger partial charge in [-0.25, -0.2) is 0 Å². The van der Waals surface area contributed by atoms with Crippen molar-refractivity contribution in [2.75, 3.05) is 0 Å². The van der Waals surface area contributed by atoms with Gasteiger partial charge in [0.25, 0.3) is 0 Å². The number of rotatable bonds is 1. The highest BCUT2D eigenvalue weighted by Gasteiger charge is 2.15. The Morgan fingerprint density at radius 2 is 2.00 bits per heavy atom. The Labute approximate surface area is 79.4 Å². The number of nitrogens with two attached hydrogens (primary N) is 1. The number of hydrogen-bond donors (Lipinski definition) is 2. The van der Waals surface area contributed by atoms with Crippen LogP contribution in [0.5, 0.6) is 0 Å². The molecule has 0 aromatic rings. The van der Waals surface area contributed by atoms with Crippen LogP contribution in [0.1, 0.15) is 20.3 Å². The summed E-state index contributed by atoms with van der Waals surface area (Å²) in [7, 11) is 0. The molecule has 0 aromatic heterocycles. The Hall–Kier alpha value is -0.630. The van der Waals surface area contributed by atoms with Crippen molar-refractivity contribution in [1.82, 2.24) is 0 Å². The molecule has 1 aliphatic carbocycles. The van der Waals surface area contributed by atoms with Gasteiger partial charge in [-0.15, -0.1) is 12.6 Å². The van der Waals surface area contributed by atoms with Gasteiger partial charge < -0.3 is 5.73 Å². The number of allylic oxidation sites excluding steroid dienone is 4. The highest BCUT2D eigenvalue weighted by atomic mass is 32.1. The van der Waals surface area contributed by atoms with Crippen molar-refractivity contribution in [3.63, 3.8) is 0 Å². The van der Waals surface area contributed by atoms with E-state index in [1.165, 1.54) is 0 Å². The quantitative estimate of drug-likeness (QED) is 0.598. The van der Waals surface area contributed by atoms with E-state index in [4.69, 9.17) is 5.73 Å². The normalized spacial score (nSPS) is 29.2. The molecular weight excluding hydrogens is 166 g/mol. The summed E-state index contributed by atoms with van der Waals surface area (Å²) in [6.07, 6.45) is 9.26. The molecule has 1 atom stereocenters. The highest BCUT2D eigenvalue weighted by Crippen LogP contribution is 2.29. The average molecular weight is 181 g/mol. The Bertz CT molecular complexity index is 239. The Morgan fingerprint density at radius 3 is 2.58 bits per heavy atom. The van der Waals surface area contributed by atoms with Crippen molar-refractivity contribution in [2.45, 2.75) is 20.3 Å². The molecule has 0 aliphatic heterocycles. The SMILES string of the molecule is CCC1(C)C=CC(N)=C(S)C=C1. The van der Waals surface area contributed by atoms with Crippen LogP contribution in [-0.2, 0) is 0 Å². The van der Waals surface area contributed by atoms with Gasteiger partial charge in [0.2, 0.25) is 0 Å². The van der Waals surface area contributed by atoms with Crippen LogP contribution in [0.3, 0.4) is 0 Å². The predicted octanol–water partition coefficient (Wildman–Crippen LogP) is 2.63. The molecule has 66 valence electrons. The van der Waals surface area contributed by atoms with Gasteiger partial charge in [0, 0.05) is 16.0 Å². The third-order valence-corrected chi connectivity index (χ3v) is 2.73. The lowest BCUT2D eigenvalue weighted by Crippen LogP contribution is -2.06. The first-order chi connectivity index (χ1) is 5.57. The topological polar surface area (TPSA) is 26.0 Å². The fourth-order valence-electron chi connectivity index (χ4n) is 1.02. The van der Waals surface area contributed by atoms with Gasteiger partial charge in [-0.1, -0.05) is 26.0 Å². The van der Waals surface area contributed by atoms with E-state index in [1.54, 1.807) is 0 Å². The lowest BCUT2D eigenvalue weighted by molar-refractivity contribution is 0.531. The number of hydrogen-bond acceptors (Lipinski definition) is 2. The molecule has 2 heteroatoms. The van der Waals surface area contributed by atoms with Crippen molar-refractivity contribution >= 4 is 12.6 Å². The van der Waals surface area contributed by atoms with Crippen LogP contribution >= 0.6 is 12.6 Å². The largest absolute Gasteiger partial charge is 0.398 e. The molecule has 0 spiro atoms. The molecule has 0 aromatic carbocycles. The van der Waals surface area contributed by atoms with Crippen LogP contribution < -0.4 is 5.73 Å². The second-order valence-electron chi connectivity index (χ2n) is 3.37. The molecule has 2 N–H and O–H groups in total. The molecule has 0 saturated heterocycles. The third kappa shape index (κ3) is 1.95. The molecule has 0 fully saturated rings. The first kappa shape index (κ1) is 9.46. The third-order valence-electron chi connectivity index (χ3n) is 2.32. The first-order valence-electron chi connectivity index (χ1n) is 4.14. The molecule has 0 heterocycles. The smallest absolute Gasteiger partial charge is 0.0446 e. The molecule has 1 nitrogen and oxygen atoms in total. The van der Waals surface area contributed by atoms with E-state index in [0.29, 0.717) is 0 Å². The second-order valence-corrected chi connectivity index (χ2v) is 3.85. The fraction of sp³-hybridized carbons (Fsp3) is 0.400. The lowest BCUT2D eigenvalue weighted by atomic mass is 9.87. The minimum absolute atomic E-state index is 0.134. The maximum atomic E-state index is 5.72. The summed E-state index contributed by atoms with van der Waals surface area (Å²) >= 11 is 4.26. The summed E-state index contributed by atoms with van der Waals surface area (Å²) in [5.74, 6) is 0. The van der Waals surface area contributed by atoms with Crippen LogP contribution in [0.4, 0.5) is 0 Å². The summed E-state index contributed by atoms with van der Waals surface area (Å²) in [4.78, 5) is 0.850. The van der Waals surface area contributed by atoms with Gasteiger partial charge in [0.05, 0.1) is 0 Å². The number of thiol groups is 1. The maximum absolute atomic E-state index is 5.72. The predicted molar refractivity (Wildman–Crippen MR) is 56.9 cm³/mol. The molecule has 1 aliphatic rings. The minimum atomic E-state index is 0.134. The summed E-state index contributed by atoms with van der Waals surface area (Å²) in [6.45, 7) is 4.34. The van der Waals surface area contributed by atoms with Gasteiger partial charge in [0.15, 0.2) is 0 Å². The lowest BCUT2D eigenvalue weighted by Gasteiger charge is -2.17. The van der Waals surface area contributed by atoms with Gasteiger partial charge >= 0.3 is 0 Å². The molecule has 1 unspecified atom stereocenters. The zero-order valence-electron chi connectivity index (χ0n) is 7.54. The minimum Gasteiger partial charge on any atom is -0.398 e. The van der Waals surface area contributed by atoms with E-state index >= 15 is 0 Å². The zero-order valence-corrected chi connectivity index (χ0v) is 8.44. The fourth-order valence-corrected chi connectivity index (χ4v) is 1.17. The highest BCUT2D eigenvalue weighted by molar-refractivity contribution is 7.84. The van der Waals surface area contributed by atoms with Crippen molar-refractivity contribution in [3.05, 3.63) is 34.9 Å². The first-order valence-corrected chi connectivity index (χ1v) is 4.59. The Balaban J connectivity index is 2.98. The molecule has 0 amide bonds. The van der Waals surface area contributed by atoms with Crippen molar-refractivity contribution in [2.24, 2.45) is 11.1 Å². The molecular formula is C10H15NS. The average Bonchev–Trinajstić information content (AvgIpc) is 2.20. The van der Waals surface area contributed by atoms with E-state index in [0.717, 1.165) is 17.0 Å². The van der Waals surface area contributed by atoms with Crippen molar-refractivity contribution in [1.29, 1.82) is 0 Å². The molecule has 0 saturated carbocycles. The van der Waals surface area contributed by atoms with E-state index in [9.17, 15) is 0 Å². The van der Waals surface area contributed by atoms with Gasteiger partial charge in [0.1, 0.15) is 0 Å². The van der Waals surface area contributed by atoms with E-state index in [-0.39, 0.29) is 5.41 Å². The van der Waals surface area contributed by atoms with Gasteiger partial charge in [-0.3, -0.25) is 0 Å². The molecule has 12 heavy (non-hydrogen) atoms. The Morgan fingerprint density at radius 1 is 1.42 bits per heavy atom. The van der Waals surface area contributed by atoms with E-state index in [2.05, 4.69) is 38.6 Å². The maximum Gasteiger partial charge on any atom is 0.0446 e. The van der Waals surface area contributed by atoms with Crippen molar-refractivity contribution in [3.8, 4) is 0 Å². The standard InChI is InChI=1S/C10H15NS/c1-3-10(2)6-4-8(11)9(12)5-7-10/h4-7,12H,3,11H2,1-2H3. The van der Waals surface area contributed by atoms with E-state index in [1.807, 2.05) is 12.2 Å². The van der Waals surface area contributed by atoms with Gasteiger partial charge in [-0.05, 0) is 18.6 Å². The summed E-state index contributed by atoms with van der Waals surface area (Å²) < 4.78 is 0. The van der Waals surface area contributed by atoms with E-state index < -0.39 is 0 Å². The van der Waals surface area contributed by atoms with Crippen LogP contribution in [-0.4, -0.2) is 0 Å². The molecule has 0 radical (unpaired) electrons. The summed E-state index contributed by atoms with van der Waals surface area (Å²) in [6, 6.07) is 0. The van der Waals surface area contributed by atoms with Gasteiger partial charge in [-0.2, -0.15) is 0 Å². The monoisotopic (exact) mass is 181 g/mol. The second kappa shape index (κ2) is 3.40. The zero-order chi connectivity index (χ0) is 9.19. The van der Waals surface area contributed by atoms with Crippen LogP contribution in [0.15, 0.2) is 34.9 Å². The van der Waals surface area contributed by atoms with Crippen LogP contribution in [0, 0.1) is 5.41 Å². The summed E-state index contributed by atoms with van der Waals surface area (Å²) in [5.41, 5.74) is 6.60. The van der Waals surface area contributed by atoms with Crippen LogP contribution in [0.2, 0.25) is 0 Å². The molecule has 0 bridgehead atoms. The summed E-state index contributed by atoms with van der Waals surface area (Å²) in [5, 5.41) is 0. The van der Waals surface area contributed by atoms with Crippen molar-refractivity contribution < 1.29 is 0 Å².